The first-order valence-electron chi connectivity index (χ1n) is 5.17. The molecule has 0 atom stereocenters. The molecule has 18 heavy (non-hydrogen) atoms. The molecule has 1 N–H and O–H groups in total. The summed E-state index contributed by atoms with van der Waals surface area (Å²) in [7, 11) is 0. The Morgan fingerprint density at radius 3 is 2.72 bits per heavy atom. The van der Waals surface area contributed by atoms with Gasteiger partial charge in [0.15, 0.2) is 0 Å². The second-order valence-electron chi connectivity index (χ2n) is 3.73. The van der Waals surface area contributed by atoms with Crippen LogP contribution >= 0.6 is 23.2 Å². The Hall–Kier alpha value is -1.39. The van der Waals surface area contributed by atoms with Crippen molar-refractivity contribution in [1.29, 1.82) is 0 Å². The van der Waals surface area contributed by atoms with Crippen molar-refractivity contribution >= 4 is 23.2 Å². The molecule has 0 aliphatic carbocycles. The van der Waals surface area contributed by atoms with Crippen LogP contribution in [-0.2, 0) is 12.3 Å². The summed E-state index contributed by atoms with van der Waals surface area (Å²) in [6, 6.07) is 4.10. The average Bonchev–Trinajstić information content (AvgIpc) is 2.33. The standard InChI is InChI=1S/C12H9Cl2FN2O/c13-5-8-6-16-11(17-12(8)18)3-7-1-2-9(15)4-10(7)14/h1-2,4,6H,3,5H2,(H,16,17,18). The number of nitrogens with one attached hydrogen (secondary N) is 1. The normalized spacial score (nSPS) is 10.6. The lowest BCUT2D eigenvalue weighted by Crippen LogP contribution is -2.15. The molecule has 0 unspecified atom stereocenters. The van der Waals surface area contributed by atoms with E-state index in [9.17, 15) is 9.18 Å². The van der Waals surface area contributed by atoms with Gasteiger partial charge in [0.05, 0.1) is 11.4 Å². The minimum Gasteiger partial charge on any atom is -0.310 e. The van der Waals surface area contributed by atoms with Crippen LogP contribution in [0.15, 0.2) is 29.2 Å². The predicted octanol–water partition coefficient (Wildman–Crippen LogP) is 2.89. The lowest BCUT2D eigenvalue weighted by molar-refractivity contribution is 0.627. The SMILES string of the molecule is O=c1[nH]c(Cc2ccc(F)cc2Cl)ncc1CCl. The molecule has 0 aliphatic rings. The van der Waals surface area contributed by atoms with Crippen molar-refractivity contribution in [2.45, 2.75) is 12.3 Å². The summed E-state index contributed by atoms with van der Waals surface area (Å²) >= 11 is 11.5. The van der Waals surface area contributed by atoms with Crippen molar-refractivity contribution in [3.63, 3.8) is 0 Å². The number of rotatable bonds is 3. The molecule has 0 radical (unpaired) electrons. The van der Waals surface area contributed by atoms with Gasteiger partial charge in [-0.05, 0) is 17.7 Å². The minimum atomic E-state index is -0.400. The van der Waals surface area contributed by atoms with E-state index in [4.69, 9.17) is 23.2 Å². The Labute approximate surface area is 113 Å². The molecule has 6 heteroatoms. The molecule has 2 rings (SSSR count). The summed E-state index contributed by atoms with van der Waals surface area (Å²) in [4.78, 5) is 18.2. The predicted molar refractivity (Wildman–Crippen MR) is 68.6 cm³/mol. The number of aromatic amines is 1. The third-order valence-corrected chi connectivity index (χ3v) is 3.08. The Bertz CT molecular complexity index is 628. The quantitative estimate of drug-likeness (QED) is 0.882. The largest absolute Gasteiger partial charge is 0.310 e. The molecule has 0 saturated carbocycles. The van der Waals surface area contributed by atoms with Gasteiger partial charge >= 0.3 is 0 Å². The molecule has 0 bridgehead atoms. The number of alkyl halides is 1. The van der Waals surface area contributed by atoms with Crippen LogP contribution in [-0.4, -0.2) is 9.97 Å². The second kappa shape index (κ2) is 5.50. The molecule has 0 aliphatic heterocycles. The Morgan fingerprint density at radius 1 is 1.33 bits per heavy atom. The second-order valence-corrected chi connectivity index (χ2v) is 4.40. The smallest absolute Gasteiger partial charge is 0.255 e. The van der Waals surface area contributed by atoms with Crippen LogP contribution in [0.5, 0.6) is 0 Å². The number of H-pyrrole nitrogens is 1. The average molecular weight is 287 g/mol. The molecule has 0 amide bonds. The van der Waals surface area contributed by atoms with Gasteiger partial charge in [0.2, 0.25) is 0 Å². The number of hydrogen-bond acceptors (Lipinski definition) is 2. The van der Waals surface area contributed by atoms with Crippen molar-refractivity contribution in [1.82, 2.24) is 9.97 Å². The Balaban J connectivity index is 2.29. The first-order valence-corrected chi connectivity index (χ1v) is 6.08. The van der Waals surface area contributed by atoms with E-state index in [1.54, 1.807) is 6.07 Å². The Morgan fingerprint density at radius 2 is 2.11 bits per heavy atom. The molecular weight excluding hydrogens is 278 g/mol. The number of aromatic nitrogens is 2. The molecule has 0 saturated heterocycles. The van der Waals surface area contributed by atoms with Crippen LogP contribution in [0.3, 0.4) is 0 Å². The van der Waals surface area contributed by atoms with Gasteiger partial charge in [0.25, 0.3) is 5.56 Å². The molecule has 2 aromatic rings. The van der Waals surface area contributed by atoms with Gasteiger partial charge in [0, 0.05) is 17.6 Å². The van der Waals surface area contributed by atoms with Crippen molar-refractivity contribution < 1.29 is 4.39 Å². The van der Waals surface area contributed by atoms with E-state index in [1.165, 1.54) is 18.3 Å². The molecule has 0 spiro atoms. The molecule has 1 aromatic heterocycles. The molecule has 3 nitrogen and oxygen atoms in total. The van der Waals surface area contributed by atoms with Gasteiger partial charge in [-0.25, -0.2) is 9.37 Å². The van der Waals surface area contributed by atoms with Crippen LogP contribution in [0.2, 0.25) is 5.02 Å². The van der Waals surface area contributed by atoms with Crippen molar-refractivity contribution in [3.05, 3.63) is 62.5 Å². The van der Waals surface area contributed by atoms with Gasteiger partial charge in [-0.3, -0.25) is 4.79 Å². The van der Waals surface area contributed by atoms with Crippen molar-refractivity contribution in [2.75, 3.05) is 0 Å². The fourth-order valence-electron chi connectivity index (χ4n) is 1.49. The van der Waals surface area contributed by atoms with E-state index >= 15 is 0 Å². The summed E-state index contributed by atoms with van der Waals surface area (Å²) < 4.78 is 12.9. The van der Waals surface area contributed by atoms with Gasteiger partial charge in [-0.15, -0.1) is 11.6 Å². The fourth-order valence-corrected chi connectivity index (χ4v) is 1.91. The first-order chi connectivity index (χ1) is 8.60. The number of benzene rings is 1. The van der Waals surface area contributed by atoms with E-state index in [0.29, 0.717) is 28.4 Å². The lowest BCUT2D eigenvalue weighted by atomic mass is 10.1. The van der Waals surface area contributed by atoms with Crippen LogP contribution < -0.4 is 5.56 Å². The molecule has 1 aromatic carbocycles. The minimum absolute atomic E-state index is 0.111. The molecule has 0 fully saturated rings. The fraction of sp³-hybridized carbons (Fsp3) is 0.167. The highest BCUT2D eigenvalue weighted by molar-refractivity contribution is 6.31. The maximum Gasteiger partial charge on any atom is 0.255 e. The van der Waals surface area contributed by atoms with E-state index in [1.807, 2.05) is 0 Å². The summed E-state index contributed by atoms with van der Waals surface area (Å²) in [5.41, 5.74) is 0.832. The number of hydrogen-bond donors (Lipinski definition) is 1. The number of halogens is 3. The molecular formula is C12H9Cl2FN2O. The van der Waals surface area contributed by atoms with E-state index in [2.05, 4.69) is 9.97 Å². The van der Waals surface area contributed by atoms with Crippen LogP contribution in [0, 0.1) is 5.82 Å². The van der Waals surface area contributed by atoms with Crippen LogP contribution in [0.4, 0.5) is 4.39 Å². The third kappa shape index (κ3) is 2.89. The highest BCUT2D eigenvalue weighted by Crippen LogP contribution is 2.19. The van der Waals surface area contributed by atoms with Crippen LogP contribution in [0.25, 0.3) is 0 Å². The zero-order valence-electron chi connectivity index (χ0n) is 9.21. The summed E-state index contributed by atoms with van der Waals surface area (Å²) in [6.45, 7) is 0. The molecule has 1 heterocycles. The summed E-state index contributed by atoms with van der Waals surface area (Å²) in [6.07, 6.45) is 1.76. The van der Waals surface area contributed by atoms with E-state index in [-0.39, 0.29) is 11.4 Å². The van der Waals surface area contributed by atoms with E-state index in [0.717, 1.165) is 0 Å². The maximum atomic E-state index is 12.9. The van der Waals surface area contributed by atoms with Gasteiger partial charge in [0.1, 0.15) is 11.6 Å². The third-order valence-electron chi connectivity index (χ3n) is 2.44. The highest BCUT2D eigenvalue weighted by atomic mass is 35.5. The summed E-state index contributed by atoms with van der Waals surface area (Å²) in [5.74, 6) is 0.171. The maximum absolute atomic E-state index is 12.9. The highest BCUT2D eigenvalue weighted by Gasteiger charge is 2.06. The summed E-state index contributed by atoms with van der Waals surface area (Å²) in [5, 5.41) is 0.305. The van der Waals surface area contributed by atoms with Gasteiger partial charge in [-0.2, -0.15) is 0 Å². The first kappa shape index (κ1) is 13.1. The lowest BCUT2D eigenvalue weighted by Gasteiger charge is -2.04. The van der Waals surface area contributed by atoms with E-state index < -0.39 is 5.82 Å². The monoisotopic (exact) mass is 286 g/mol. The zero-order valence-corrected chi connectivity index (χ0v) is 10.7. The van der Waals surface area contributed by atoms with Crippen molar-refractivity contribution in [3.8, 4) is 0 Å². The Kier molecular flexibility index (Phi) is 3.99. The van der Waals surface area contributed by atoms with Gasteiger partial charge < -0.3 is 4.98 Å². The van der Waals surface area contributed by atoms with Crippen LogP contribution in [0.1, 0.15) is 17.0 Å². The zero-order chi connectivity index (χ0) is 13.1. The van der Waals surface area contributed by atoms with Gasteiger partial charge in [-0.1, -0.05) is 17.7 Å². The molecule has 94 valence electrons. The van der Waals surface area contributed by atoms with Crippen molar-refractivity contribution in [2.24, 2.45) is 0 Å². The topological polar surface area (TPSA) is 45.8 Å². The number of nitrogens with zero attached hydrogens (tertiary/aromatic N) is 1.